The Hall–Kier alpha value is 1.19. The molecule has 0 fully saturated rings. The van der Waals surface area contributed by atoms with E-state index in [0.717, 1.165) is 12.8 Å². The Bertz CT molecular complexity index is 325. The van der Waals surface area contributed by atoms with Gasteiger partial charge in [-0.3, -0.25) is 12.2 Å². The van der Waals surface area contributed by atoms with Gasteiger partial charge >= 0.3 is 48.5 Å². The van der Waals surface area contributed by atoms with Crippen LogP contribution < -0.4 is 24.8 Å². The van der Waals surface area contributed by atoms with Crippen LogP contribution in [0.2, 0.25) is 0 Å². The van der Waals surface area contributed by atoms with Crippen LogP contribution in [0.25, 0.3) is 0 Å². The number of rotatable bonds is 0. The van der Waals surface area contributed by atoms with E-state index in [1.165, 1.54) is 22.3 Å². The average molecular weight is 413 g/mol. The quantitative estimate of drug-likeness (QED) is 0.324. The second-order valence-corrected chi connectivity index (χ2v) is 4.05. The first kappa shape index (κ1) is 38.0. The van der Waals surface area contributed by atoms with Crippen LogP contribution >= 0.6 is 0 Å². The summed E-state index contributed by atoms with van der Waals surface area (Å²) in [5.74, 6) is 0. The number of allylic oxidation sites excluding steroid dienone is 8. The molecule has 0 bridgehead atoms. The van der Waals surface area contributed by atoms with Crippen molar-refractivity contribution in [2.24, 2.45) is 0 Å². The number of hydrogen-bond donors (Lipinski definition) is 0. The SMILES string of the molecule is CC1=[C-]CC(C)=C1.CC1=[C-]CC(C)=C1.[CH3-].[CH3-].[Cl-].[Cl-].[SiH2]=[Ti].[Ti+2]. The van der Waals surface area contributed by atoms with Crippen molar-refractivity contribution in [3.8, 4) is 0 Å². The molecule has 0 heterocycles. The van der Waals surface area contributed by atoms with Gasteiger partial charge < -0.3 is 39.7 Å². The molecule has 0 aromatic carbocycles. The Morgan fingerprint density at radius 3 is 1.10 bits per heavy atom. The first-order valence-electron chi connectivity index (χ1n) is 5.42. The molecular formula is C16H26Cl2SiTi2-4. The molecule has 0 nitrogen and oxygen atoms in total. The molecule has 0 saturated heterocycles. The monoisotopic (exact) mass is 412 g/mol. The normalized spacial score (nSPS) is 12.9. The van der Waals surface area contributed by atoms with Gasteiger partial charge in [0, 0.05) is 0 Å². The minimum absolute atomic E-state index is 0. The van der Waals surface area contributed by atoms with Crippen molar-refractivity contribution in [2.45, 2.75) is 40.5 Å². The van der Waals surface area contributed by atoms with E-state index in [1.807, 2.05) is 26.8 Å². The van der Waals surface area contributed by atoms with Crippen molar-refractivity contribution >= 4 is 7.63 Å². The van der Waals surface area contributed by atoms with Gasteiger partial charge in [0.15, 0.2) is 0 Å². The third-order valence-electron chi connectivity index (χ3n) is 2.22. The molecule has 0 aliphatic heterocycles. The van der Waals surface area contributed by atoms with Crippen molar-refractivity contribution in [1.82, 2.24) is 0 Å². The molecule has 0 saturated carbocycles. The van der Waals surface area contributed by atoms with Gasteiger partial charge in [0.2, 0.25) is 0 Å². The Morgan fingerprint density at radius 1 is 0.810 bits per heavy atom. The minimum atomic E-state index is 0. The molecule has 0 atom stereocenters. The maximum absolute atomic E-state index is 3.19. The van der Waals surface area contributed by atoms with Gasteiger partial charge in [0.1, 0.15) is 0 Å². The van der Waals surface area contributed by atoms with Crippen LogP contribution in [0.3, 0.4) is 0 Å². The largest absolute Gasteiger partial charge is 2.00 e. The van der Waals surface area contributed by atoms with E-state index in [2.05, 4.69) is 52.0 Å². The molecule has 21 heavy (non-hydrogen) atoms. The zero-order valence-corrected chi connectivity index (χ0v) is 20.1. The summed E-state index contributed by atoms with van der Waals surface area (Å²) >= 11 is 2.03. The summed E-state index contributed by atoms with van der Waals surface area (Å²) in [4.78, 5) is 0. The third kappa shape index (κ3) is 21.2. The summed E-state index contributed by atoms with van der Waals surface area (Å²) in [6.07, 6.45) is 12.8. The van der Waals surface area contributed by atoms with Gasteiger partial charge in [-0.05, 0) is 0 Å². The Morgan fingerprint density at radius 2 is 1.05 bits per heavy atom. The standard InChI is InChI=1S/2C7H9.2CH3.2ClH.H2Si.2Ti/c2*1-6-3-4-7(2)5-6;;;;;;;/h2*5H,3H2,1-2H3;2*1H3;2*1H;1H2;;/q4*-1;;;;;+2/p-2. The summed E-state index contributed by atoms with van der Waals surface area (Å²) in [7, 11) is 1.86. The molecule has 0 aromatic rings. The van der Waals surface area contributed by atoms with E-state index in [-0.39, 0.29) is 61.4 Å². The van der Waals surface area contributed by atoms with Gasteiger partial charge in [-0.25, -0.2) is 23.3 Å². The fraction of sp³-hybridized carbons (Fsp3) is 0.375. The molecule has 2 aliphatic rings. The molecule has 5 heteroatoms. The molecule has 0 aromatic heterocycles. The number of hydrogen-bond acceptors (Lipinski definition) is 0. The molecule has 0 spiro atoms. The molecule has 0 unspecified atom stereocenters. The first-order valence-corrected chi connectivity index (χ1v) is 9.44. The second kappa shape index (κ2) is 23.5. The summed E-state index contributed by atoms with van der Waals surface area (Å²) in [5.41, 5.74) is 5.44. The van der Waals surface area contributed by atoms with Crippen LogP contribution in [0, 0.1) is 27.0 Å². The van der Waals surface area contributed by atoms with Crippen LogP contribution in [-0.2, 0) is 40.9 Å². The minimum Gasteiger partial charge on any atom is 2.00 e. The Labute approximate surface area is 174 Å². The van der Waals surface area contributed by atoms with E-state index in [0.29, 0.717) is 0 Å². The maximum Gasteiger partial charge on any atom is 2.00 e. The molecule has 0 radical (unpaired) electrons. The maximum atomic E-state index is 3.19. The second-order valence-electron chi connectivity index (χ2n) is 4.05. The van der Waals surface area contributed by atoms with Crippen LogP contribution in [0.15, 0.2) is 34.4 Å². The van der Waals surface area contributed by atoms with Gasteiger partial charge in [-0.1, -0.05) is 27.7 Å². The molecule has 0 N–H and O–H groups in total. The van der Waals surface area contributed by atoms with E-state index in [9.17, 15) is 0 Å². The van der Waals surface area contributed by atoms with Crippen molar-refractivity contribution in [3.63, 3.8) is 0 Å². The zero-order valence-electron chi connectivity index (χ0n) is 14.0. The summed E-state index contributed by atoms with van der Waals surface area (Å²) < 4.78 is 0. The number of halogens is 2. The fourth-order valence-corrected chi connectivity index (χ4v) is 1.50. The smallest absolute Gasteiger partial charge is 2.00 e. The van der Waals surface area contributed by atoms with E-state index < -0.39 is 0 Å². The average Bonchev–Trinajstić information content (AvgIpc) is 2.80. The predicted octanol–water partition coefficient (Wildman–Crippen LogP) is -1.84. The van der Waals surface area contributed by atoms with Gasteiger partial charge in [-0.2, -0.15) is 11.1 Å². The van der Waals surface area contributed by atoms with Crippen molar-refractivity contribution in [1.29, 1.82) is 0 Å². The van der Waals surface area contributed by atoms with Crippen molar-refractivity contribution in [3.05, 3.63) is 61.4 Å². The molecule has 2 rings (SSSR count). The summed E-state index contributed by atoms with van der Waals surface area (Å²) in [5, 5.41) is 0. The third-order valence-corrected chi connectivity index (χ3v) is 2.22. The zero-order chi connectivity index (χ0) is 12.6. The Kier molecular flexibility index (Phi) is 42.4. The first-order chi connectivity index (χ1) is 7.58. The van der Waals surface area contributed by atoms with Crippen molar-refractivity contribution in [2.75, 3.05) is 0 Å². The Balaban J connectivity index is -0.0000000395. The molecule has 0 amide bonds. The summed E-state index contributed by atoms with van der Waals surface area (Å²) in [6, 6.07) is 0. The van der Waals surface area contributed by atoms with E-state index >= 15 is 0 Å². The fourth-order valence-electron chi connectivity index (χ4n) is 1.50. The molecule has 120 valence electrons. The van der Waals surface area contributed by atoms with Gasteiger partial charge in [0.05, 0.1) is 0 Å². The molecular weight excluding hydrogens is 387 g/mol. The van der Waals surface area contributed by atoms with Crippen LogP contribution in [0.1, 0.15) is 40.5 Å². The van der Waals surface area contributed by atoms with E-state index in [4.69, 9.17) is 0 Å². The van der Waals surface area contributed by atoms with Crippen LogP contribution in [0.4, 0.5) is 0 Å². The van der Waals surface area contributed by atoms with Gasteiger partial charge in [0.25, 0.3) is 0 Å². The topological polar surface area (TPSA) is 0 Å². The molecule has 2 aliphatic carbocycles. The van der Waals surface area contributed by atoms with Crippen molar-refractivity contribution < 1.29 is 65.7 Å². The van der Waals surface area contributed by atoms with Crippen LogP contribution in [0.5, 0.6) is 0 Å². The van der Waals surface area contributed by atoms with Gasteiger partial charge in [-0.15, -0.1) is 12.8 Å². The summed E-state index contributed by atoms with van der Waals surface area (Å²) in [6.45, 7) is 8.42. The van der Waals surface area contributed by atoms with E-state index in [1.54, 1.807) is 0 Å². The van der Waals surface area contributed by atoms with Crippen LogP contribution in [-0.4, -0.2) is 7.63 Å². The predicted molar refractivity (Wildman–Crippen MR) is 83.0 cm³/mol.